The average molecular weight is 356 g/mol. The van der Waals surface area contributed by atoms with Crippen LogP contribution in [0, 0.1) is 11.2 Å². The van der Waals surface area contributed by atoms with E-state index in [0.717, 1.165) is 51.0 Å². The highest BCUT2D eigenvalue weighted by Crippen LogP contribution is 2.39. The van der Waals surface area contributed by atoms with Crippen LogP contribution in [0.15, 0.2) is 36.7 Å². The molecule has 1 spiro atoms. The zero-order chi connectivity index (χ0) is 18.1. The molecule has 5 nitrogen and oxygen atoms in total. The summed E-state index contributed by atoms with van der Waals surface area (Å²) in [5.74, 6) is 0.381. The first kappa shape index (κ1) is 17.2. The normalized spacial score (nSPS) is 23.7. The van der Waals surface area contributed by atoms with E-state index >= 15 is 0 Å². The molecular formula is C20H25FN4O. The van der Waals surface area contributed by atoms with Crippen LogP contribution in [0.4, 0.5) is 4.39 Å². The highest BCUT2D eigenvalue weighted by Gasteiger charge is 2.43. The molecule has 2 aliphatic rings. The second-order valence-corrected chi connectivity index (χ2v) is 7.74. The first-order chi connectivity index (χ1) is 12.6. The molecule has 0 bridgehead atoms. The number of carbonyl (C=O) groups excluding carboxylic acids is 1. The Kier molecular flexibility index (Phi) is 4.53. The van der Waals surface area contributed by atoms with Crippen LogP contribution >= 0.6 is 0 Å². The number of aryl methyl sites for hydroxylation is 1. The number of amides is 1. The quantitative estimate of drug-likeness (QED) is 0.849. The van der Waals surface area contributed by atoms with Gasteiger partial charge in [-0.2, -0.15) is 0 Å². The fourth-order valence-corrected chi connectivity index (χ4v) is 4.47. The molecule has 1 aromatic heterocycles. The van der Waals surface area contributed by atoms with E-state index in [1.54, 1.807) is 23.0 Å². The summed E-state index contributed by atoms with van der Waals surface area (Å²) < 4.78 is 15.8. The van der Waals surface area contributed by atoms with Gasteiger partial charge in [0.05, 0.1) is 0 Å². The van der Waals surface area contributed by atoms with Gasteiger partial charge in [0.1, 0.15) is 5.82 Å². The summed E-state index contributed by atoms with van der Waals surface area (Å²) in [7, 11) is 1.85. The summed E-state index contributed by atoms with van der Waals surface area (Å²) in [5.41, 5.74) is 0.883. The number of aromatic nitrogens is 2. The maximum Gasteiger partial charge on any atom is 0.289 e. The molecule has 2 fully saturated rings. The molecule has 1 amide bonds. The van der Waals surface area contributed by atoms with Crippen LogP contribution in [0.25, 0.3) is 0 Å². The van der Waals surface area contributed by atoms with Gasteiger partial charge in [-0.1, -0.05) is 18.2 Å². The predicted octanol–water partition coefficient (Wildman–Crippen LogP) is 2.69. The van der Waals surface area contributed by atoms with Crippen molar-refractivity contribution in [1.82, 2.24) is 19.4 Å². The summed E-state index contributed by atoms with van der Waals surface area (Å²) in [6, 6.07) is 7.01. The molecule has 0 radical (unpaired) electrons. The highest BCUT2D eigenvalue weighted by atomic mass is 19.1. The molecule has 3 heterocycles. The lowest BCUT2D eigenvalue weighted by Crippen LogP contribution is -2.45. The topological polar surface area (TPSA) is 41.4 Å². The lowest BCUT2D eigenvalue weighted by molar-refractivity contribution is 0.0661. The third kappa shape index (κ3) is 3.26. The van der Waals surface area contributed by atoms with Crippen molar-refractivity contribution < 1.29 is 9.18 Å². The average Bonchev–Trinajstić information content (AvgIpc) is 3.23. The van der Waals surface area contributed by atoms with Crippen LogP contribution in [0.2, 0.25) is 0 Å². The summed E-state index contributed by atoms with van der Waals surface area (Å²) in [4.78, 5) is 21.2. The second-order valence-electron chi connectivity index (χ2n) is 7.74. The molecule has 2 aromatic rings. The largest absolute Gasteiger partial charge is 0.335 e. The molecule has 2 saturated heterocycles. The summed E-state index contributed by atoms with van der Waals surface area (Å²) in [6.07, 6.45) is 6.70. The van der Waals surface area contributed by atoms with Gasteiger partial charge < -0.3 is 9.47 Å². The third-order valence-electron chi connectivity index (χ3n) is 5.83. The number of rotatable bonds is 3. The number of piperidine rings is 1. The Bertz CT molecular complexity index is 805. The van der Waals surface area contributed by atoms with Crippen molar-refractivity contribution in [3.8, 4) is 0 Å². The minimum Gasteiger partial charge on any atom is -0.335 e. The standard InChI is InChI=1S/C20H25FN4O/c1-23-12-9-22-18(23)19(26)25-11-8-20(15-25)7-4-10-24(14-20)13-16-5-2-3-6-17(16)21/h2-3,5-6,9,12H,4,7-8,10-11,13-15H2,1H3. The Balaban J connectivity index is 1.43. The molecule has 0 aliphatic carbocycles. The Morgan fingerprint density at radius 2 is 2.08 bits per heavy atom. The fraction of sp³-hybridized carbons (Fsp3) is 0.500. The van der Waals surface area contributed by atoms with Gasteiger partial charge in [-0.3, -0.25) is 9.69 Å². The van der Waals surface area contributed by atoms with E-state index in [-0.39, 0.29) is 17.1 Å². The number of carbonyl (C=O) groups is 1. The van der Waals surface area contributed by atoms with Crippen molar-refractivity contribution in [3.63, 3.8) is 0 Å². The lowest BCUT2D eigenvalue weighted by atomic mass is 9.79. The van der Waals surface area contributed by atoms with Crippen LogP contribution in [0.5, 0.6) is 0 Å². The maximum atomic E-state index is 14.0. The third-order valence-corrected chi connectivity index (χ3v) is 5.83. The monoisotopic (exact) mass is 356 g/mol. The number of hydrogen-bond acceptors (Lipinski definition) is 3. The second kappa shape index (κ2) is 6.83. The van der Waals surface area contributed by atoms with Crippen molar-refractivity contribution in [1.29, 1.82) is 0 Å². The fourth-order valence-electron chi connectivity index (χ4n) is 4.47. The Labute approximate surface area is 153 Å². The van der Waals surface area contributed by atoms with E-state index in [2.05, 4.69) is 9.88 Å². The minimum absolute atomic E-state index is 0.0144. The van der Waals surface area contributed by atoms with E-state index in [1.807, 2.05) is 24.1 Å². The van der Waals surface area contributed by atoms with Gasteiger partial charge in [-0.15, -0.1) is 0 Å². The van der Waals surface area contributed by atoms with Crippen molar-refractivity contribution >= 4 is 5.91 Å². The predicted molar refractivity (Wildman–Crippen MR) is 97.1 cm³/mol. The number of imidazole rings is 1. The first-order valence-electron chi connectivity index (χ1n) is 9.29. The molecule has 26 heavy (non-hydrogen) atoms. The van der Waals surface area contributed by atoms with Crippen LogP contribution in [-0.4, -0.2) is 51.4 Å². The Morgan fingerprint density at radius 3 is 2.85 bits per heavy atom. The molecule has 1 atom stereocenters. The van der Waals surface area contributed by atoms with E-state index < -0.39 is 0 Å². The molecule has 0 N–H and O–H groups in total. The molecule has 6 heteroatoms. The number of halogens is 1. The molecule has 4 rings (SSSR count). The SMILES string of the molecule is Cn1ccnc1C(=O)N1CCC2(CCCN(Cc3ccccc3F)C2)C1. The first-order valence-corrected chi connectivity index (χ1v) is 9.29. The van der Waals surface area contributed by atoms with E-state index in [1.165, 1.54) is 6.07 Å². The van der Waals surface area contributed by atoms with Gasteiger partial charge in [-0.25, -0.2) is 9.37 Å². The highest BCUT2D eigenvalue weighted by molar-refractivity contribution is 5.91. The Hall–Kier alpha value is -2.21. The summed E-state index contributed by atoms with van der Waals surface area (Å²) in [5, 5.41) is 0. The lowest BCUT2D eigenvalue weighted by Gasteiger charge is -2.40. The van der Waals surface area contributed by atoms with Crippen molar-refractivity contribution in [2.45, 2.75) is 25.8 Å². The van der Waals surface area contributed by atoms with Gasteiger partial charge in [0.15, 0.2) is 5.82 Å². The van der Waals surface area contributed by atoms with Crippen molar-refractivity contribution in [2.24, 2.45) is 12.5 Å². The van der Waals surface area contributed by atoms with Gasteiger partial charge in [0, 0.05) is 56.6 Å². The van der Waals surface area contributed by atoms with Crippen LogP contribution in [0.3, 0.4) is 0 Å². The Morgan fingerprint density at radius 1 is 1.23 bits per heavy atom. The smallest absolute Gasteiger partial charge is 0.289 e. The zero-order valence-electron chi connectivity index (χ0n) is 15.2. The van der Waals surface area contributed by atoms with E-state index in [4.69, 9.17) is 0 Å². The van der Waals surface area contributed by atoms with E-state index in [0.29, 0.717) is 12.4 Å². The number of hydrogen-bond donors (Lipinski definition) is 0. The zero-order valence-corrected chi connectivity index (χ0v) is 15.2. The van der Waals surface area contributed by atoms with Crippen molar-refractivity contribution in [3.05, 3.63) is 53.9 Å². The number of nitrogens with zero attached hydrogens (tertiary/aromatic N) is 4. The molecule has 138 valence electrons. The summed E-state index contributed by atoms with van der Waals surface area (Å²) >= 11 is 0. The maximum absolute atomic E-state index is 14.0. The number of benzene rings is 1. The van der Waals surface area contributed by atoms with Crippen LogP contribution in [0.1, 0.15) is 35.4 Å². The molecule has 2 aliphatic heterocycles. The van der Waals surface area contributed by atoms with Crippen LogP contribution < -0.4 is 0 Å². The van der Waals surface area contributed by atoms with Crippen LogP contribution in [-0.2, 0) is 13.6 Å². The van der Waals surface area contributed by atoms with Gasteiger partial charge in [0.2, 0.25) is 0 Å². The van der Waals surface area contributed by atoms with E-state index in [9.17, 15) is 9.18 Å². The number of likely N-dealkylation sites (tertiary alicyclic amines) is 2. The van der Waals surface area contributed by atoms with Gasteiger partial charge >= 0.3 is 0 Å². The van der Waals surface area contributed by atoms with Gasteiger partial charge in [0.25, 0.3) is 5.91 Å². The van der Waals surface area contributed by atoms with Crippen molar-refractivity contribution in [2.75, 3.05) is 26.2 Å². The molecule has 1 unspecified atom stereocenters. The van der Waals surface area contributed by atoms with Gasteiger partial charge in [-0.05, 0) is 31.9 Å². The summed E-state index contributed by atoms with van der Waals surface area (Å²) in [6.45, 7) is 4.10. The minimum atomic E-state index is -0.134. The molecule has 0 saturated carbocycles. The molecular weight excluding hydrogens is 331 g/mol. The molecule has 1 aromatic carbocycles.